The Morgan fingerprint density at radius 1 is 1.22 bits per heavy atom. The van der Waals surface area contributed by atoms with Crippen molar-refractivity contribution in [3.8, 4) is 11.8 Å². The summed E-state index contributed by atoms with van der Waals surface area (Å²) in [6, 6.07) is 7.00. The van der Waals surface area contributed by atoms with Crippen LogP contribution in [0.5, 0.6) is 0 Å². The van der Waals surface area contributed by atoms with E-state index < -0.39 is 11.9 Å². The fraction of sp³-hybridized carbons (Fsp3) is 0.476. The maximum absolute atomic E-state index is 12.3. The van der Waals surface area contributed by atoms with Gasteiger partial charge in [-0.15, -0.1) is 0 Å². The Balaban J connectivity index is 2.58. The van der Waals surface area contributed by atoms with Crippen LogP contribution < -0.4 is 0 Å². The van der Waals surface area contributed by atoms with Gasteiger partial charge in [-0.2, -0.15) is 0 Å². The third kappa shape index (κ3) is 8.06. The molecule has 6 heteroatoms. The highest BCUT2D eigenvalue weighted by atomic mass is 16.5. The number of ether oxygens (including phenoxy) is 1. The van der Waals surface area contributed by atoms with E-state index in [-0.39, 0.29) is 31.1 Å². The van der Waals surface area contributed by atoms with Crippen molar-refractivity contribution in [1.82, 2.24) is 4.90 Å². The first-order valence-electron chi connectivity index (χ1n) is 8.90. The molecule has 1 rings (SSSR count). The number of amides is 1. The minimum Gasteiger partial charge on any atom is -0.469 e. The number of aliphatic hydroxyl groups is 1. The van der Waals surface area contributed by atoms with Gasteiger partial charge < -0.3 is 14.7 Å². The lowest BCUT2D eigenvalue weighted by Gasteiger charge is -2.10. The molecule has 1 atom stereocenters. The van der Waals surface area contributed by atoms with Gasteiger partial charge in [-0.1, -0.05) is 24.0 Å². The van der Waals surface area contributed by atoms with Crippen LogP contribution in [0.15, 0.2) is 24.3 Å². The zero-order chi connectivity index (χ0) is 20.2. The molecule has 0 spiro atoms. The van der Waals surface area contributed by atoms with Crippen molar-refractivity contribution in [1.29, 1.82) is 0 Å². The minimum absolute atomic E-state index is 0.0810. The lowest BCUT2D eigenvalue weighted by Crippen LogP contribution is -2.21. The van der Waals surface area contributed by atoms with Gasteiger partial charge >= 0.3 is 5.97 Å². The van der Waals surface area contributed by atoms with E-state index in [0.29, 0.717) is 24.8 Å². The van der Waals surface area contributed by atoms with Gasteiger partial charge in [-0.25, -0.2) is 0 Å². The first-order valence-corrected chi connectivity index (χ1v) is 8.90. The number of ketones is 1. The van der Waals surface area contributed by atoms with Crippen LogP contribution >= 0.6 is 0 Å². The summed E-state index contributed by atoms with van der Waals surface area (Å²) in [5.41, 5.74) is 1.25. The standard InChI is InChI=1S/C21H27NO5/c1-22(2)20(25)11-6-4-5-8-16-9-7-10-17(14-16)19(24)13-12-18(15-23)21(26)27-3/h7,9-10,14,18,23H,4,6,11-13,15H2,1-3H3/t18-/m0/s1. The molecule has 0 aliphatic heterocycles. The molecule has 0 saturated heterocycles. The number of nitrogens with zero attached hydrogens (tertiary/aromatic N) is 1. The molecule has 1 aromatic rings. The van der Waals surface area contributed by atoms with Crippen LogP contribution in [0.1, 0.15) is 48.0 Å². The SMILES string of the molecule is COC(=O)[C@H](CO)CCC(=O)c1cccc(C#CCCCC(=O)N(C)C)c1. The molecule has 0 fully saturated rings. The van der Waals surface area contributed by atoms with Gasteiger partial charge in [0.15, 0.2) is 5.78 Å². The van der Waals surface area contributed by atoms with Gasteiger partial charge in [-0.3, -0.25) is 14.4 Å². The van der Waals surface area contributed by atoms with Crippen LogP contribution in [0.2, 0.25) is 0 Å². The Labute approximate surface area is 160 Å². The van der Waals surface area contributed by atoms with E-state index in [0.717, 1.165) is 5.56 Å². The van der Waals surface area contributed by atoms with E-state index in [2.05, 4.69) is 16.6 Å². The molecule has 0 aliphatic rings. The number of benzene rings is 1. The van der Waals surface area contributed by atoms with Crippen molar-refractivity contribution >= 4 is 17.7 Å². The molecular formula is C21H27NO5. The number of carbonyl (C=O) groups is 3. The molecule has 0 bridgehead atoms. The summed E-state index contributed by atoms with van der Waals surface area (Å²) in [5.74, 6) is 4.79. The summed E-state index contributed by atoms with van der Waals surface area (Å²) >= 11 is 0. The van der Waals surface area contributed by atoms with E-state index >= 15 is 0 Å². The van der Waals surface area contributed by atoms with Crippen LogP contribution in [0.25, 0.3) is 0 Å². The molecule has 6 nitrogen and oxygen atoms in total. The van der Waals surface area contributed by atoms with Crippen molar-refractivity contribution in [2.45, 2.75) is 32.1 Å². The Morgan fingerprint density at radius 3 is 2.59 bits per heavy atom. The van der Waals surface area contributed by atoms with Crippen LogP contribution in [-0.4, -0.2) is 55.5 Å². The number of rotatable bonds is 9. The van der Waals surface area contributed by atoms with E-state index in [1.807, 2.05) is 6.07 Å². The maximum Gasteiger partial charge on any atom is 0.311 e. The number of unbranched alkanes of at least 4 members (excludes halogenated alkanes) is 1. The number of carbonyl (C=O) groups excluding carboxylic acids is 3. The average molecular weight is 373 g/mol. The normalized spacial score (nSPS) is 11.1. The zero-order valence-electron chi connectivity index (χ0n) is 16.2. The fourth-order valence-electron chi connectivity index (χ4n) is 2.39. The smallest absolute Gasteiger partial charge is 0.311 e. The van der Waals surface area contributed by atoms with E-state index in [9.17, 15) is 19.5 Å². The van der Waals surface area contributed by atoms with Crippen LogP contribution in [0, 0.1) is 17.8 Å². The highest BCUT2D eigenvalue weighted by molar-refractivity contribution is 5.96. The molecule has 0 aromatic heterocycles. The molecule has 0 heterocycles. The molecule has 1 aromatic carbocycles. The molecule has 146 valence electrons. The lowest BCUT2D eigenvalue weighted by molar-refractivity contribution is -0.147. The highest BCUT2D eigenvalue weighted by Crippen LogP contribution is 2.13. The van der Waals surface area contributed by atoms with Gasteiger partial charge in [0.25, 0.3) is 0 Å². The first kappa shape index (κ1) is 22.4. The van der Waals surface area contributed by atoms with E-state index in [4.69, 9.17) is 0 Å². The molecule has 0 radical (unpaired) electrons. The number of esters is 1. The maximum atomic E-state index is 12.3. The van der Waals surface area contributed by atoms with Gasteiger partial charge in [-0.05, 0) is 25.0 Å². The third-order valence-electron chi connectivity index (χ3n) is 4.08. The molecular weight excluding hydrogens is 346 g/mol. The predicted molar refractivity (Wildman–Crippen MR) is 102 cm³/mol. The third-order valence-corrected chi connectivity index (χ3v) is 4.08. The molecule has 0 aliphatic carbocycles. The summed E-state index contributed by atoms with van der Waals surface area (Å²) in [5, 5.41) is 9.21. The average Bonchev–Trinajstić information content (AvgIpc) is 2.67. The van der Waals surface area contributed by atoms with Gasteiger partial charge in [0.05, 0.1) is 19.6 Å². The van der Waals surface area contributed by atoms with E-state index in [1.54, 1.807) is 37.2 Å². The minimum atomic E-state index is -0.688. The summed E-state index contributed by atoms with van der Waals surface area (Å²) in [6.45, 7) is -0.345. The van der Waals surface area contributed by atoms with Gasteiger partial charge in [0, 0.05) is 44.5 Å². The predicted octanol–water partition coefficient (Wildman–Crippen LogP) is 2.04. The summed E-state index contributed by atoms with van der Waals surface area (Å²) < 4.78 is 4.60. The second-order valence-electron chi connectivity index (χ2n) is 6.39. The fourth-order valence-corrected chi connectivity index (χ4v) is 2.39. The van der Waals surface area contributed by atoms with Crippen LogP contribution in [0.3, 0.4) is 0 Å². The number of hydrogen-bond donors (Lipinski definition) is 1. The Morgan fingerprint density at radius 2 is 1.96 bits per heavy atom. The summed E-state index contributed by atoms with van der Waals surface area (Å²) in [7, 11) is 4.71. The lowest BCUT2D eigenvalue weighted by atomic mass is 9.98. The number of hydrogen-bond acceptors (Lipinski definition) is 5. The van der Waals surface area contributed by atoms with Crippen molar-refractivity contribution in [2.75, 3.05) is 27.8 Å². The number of aliphatic hydroxyl groups excluding tert-OH is 1. The van der Waals surface area contributed by atoms with Crippen LogP contribution in [-0.2, 0) is 14.3 Å². The highest BCUT2D eigenvalue weighted by Gasteiger charge is 2.19. The Hall–Kier alpha value is -2.65. The van der Waals surface area contributed by atoms with Crippen molar-refractivity contribution in [2.24, 2.45) is 5.92 Å². The zero-order valence-corrected chi connectivity index (χ0v) is 16.2. The quantitative estimate of drug-likeness (QED) is 0.310. The largest absolute Gasteiger partial charge is 0.469 e. The summed E-state index contributed by atoms with van der Waals surface area (Å²) in [4.78, 5) is 36.8. The second-order valence-corrected chi connectivity index (χ2v) is 6.39. The first-order chi connectivity index (χ1) is 12.9. The monoisotopic (exact) mass is 373 g/mol. The molecule has 0 unspecified atom stereocenters. The van der Waals surface area contributed by atoms with Gasteiger partial charge in [0.2, 0.25) is 5.91 Å². The second kappa shape index (κ2) is 11.9. The summed E-state index contributed by atoms with van der Waals surface area (Å²) in [6.07, 6.45) is 2.14. The molecule has 1 amide bonds. The van der Waals surface area contributed by atoms with Crippen molar-refractivity contribution < 1.29 is 24.2 Å². The molecule has 1 N–H and O–H groups in total. The van der Waals surface area contributed by atoms with Crippen molar-refractivity contribution in [3.63, 3.8) is 0 Å². The topological polar surface area (TPSA) is 83.9 Å². The van der Waals surface area contributed by atoms with Crippen molar-refractivity contribution in [3.05, 3.63) is 35.4 Å². The molecule has 27 heavy (non-hydrogen) atoms. The van der Waals surface area contributed by atoms with Crippen LogP contribution in [0.4, 0.5) is 0 Å². The Bertz CT molecular complexity index is 715. The number of methoxy groups -OCH3 is 1. The molecule has 0 saturated carbocycles. The Kier molecular flexibility index (Phi) is 9.84. The van der Waals surface area contributed by atoms with E-state index in [1.165, 1.54) is 7.11 Å². The van der Waals surface area contributed by atoms with Gasteiger partial charge in [0.1, 0.15) is 0 Å². The number of Topliss-reactive ketones (excluding diaryl/α,β-unsaturated/α-hetero) is 1.